The first-order valence-electron chi connectivity index (χ1n) is 14.2. The zero-order valence-electron chi connectivity index (χ0n) is 23.4. The number of nitrogens with zero attached hydrogens (tertiary/aromatic N) is 1. The molecule has 0 spiro atoms. The quantitative estimate of drug-likeness (QED) is 0.395. The van der Waals surface area contributed by atoms with Crippen LogP contribution in [0.15, 0.2) is 24.3 Å². The van der Waals surface area contributed by atoms with Crippen molar-refractivity contribution in [2.75, 3.05) is 13.7 Å². The van der Waals surface area contributed by atoms with Crippen LogP contribution in [-0.4, -0.2) is 81.5 Å². The van der Waals surface area contributed by atoms with Crippen LogP contribution in [0, 0.1) is 0 Å². The number of carbonyl (C=O) groups excluding carboxylic acids is 3. The lowest BCUT2D eigenvalue weighted by atomic mass is 9.72. The molecule has 2 fully saturated rings. The third kappa shape index (κ3) is 4.49. The van der Waals surface area contributed by atoms with Crippen molar-refractivity contribution in [2.45, 2.75) is 88.7 Å². The highest BCUT2D eigenvalue weighted by Crippen LogP contribution is 2.52. The Balaban J connectivity index is 1.42. The Labute approximate surface area is 237 Å². The number of aromatic hydroxyl groups is 2. The number of hydrogen-bond acceptors (Lipinski definition) is 10. The number of carbonyl (C=O) groups is 3. The van der Waals surface area contributed by atoms with Gasteiger partial charge in [-0.25, -0.2) is 0 Å². The third-order valence-corrected chi connectivity index (χ3v) is 9.18. The van der Waals surface area contributed by atoms with Crippen LogP contribution in [0.3, 0.4) is 0 Å². The molecule has 2 aromatic rings. The van der Waals surface area contributed by atoms with Crippen LogP contribution in [0.1, 0.15) is 95.0 Å². The van der Waals surface area contributed by atoms with Gasteiger partial charge in [0.25, 0.3) is 0 Å². The molecule has 0 bridgehead atoms. The van der Waals surface area contributed by atoms with Crippen LogP contribution in [0.25, 0.3) is 0 Å². The monoisotopic (exact) mass is 565 g/mol. The molecule has 4 aliphatic rings. The molecule has 10 nitrogen and oxygen atoms in total. The van der Waals surface area contributed by atoms with Crippen LogP contribution in [0.2, 0.25) is 0 Å². The molecule has 6 unspecified atom stereocenters. The molecule has 2 saturated heterocycles. The van der Waals surface area contributed by atoms with Gasteiger partial charge in [0.2, 0.25) is 0 Å². The minimum Gasteiger partial charge on any atom is -0.507 e. The molecular formula is C31H35NO9. The number of benzene rings is 2. The number of ether oxygens (including phenoxy) is 3. The molecule has 3 N–H and O–H groups in total. The third-order valence-electron chi connectivity index (χ3n) is 9.18. The van der Waals surface area contributed by atoms with E-state index in [0.29, 0.717) is 6.42 Å². The number of phenolic OH excluding ortho intramolecular Hbond substituents is 2. The van der Waals surface area contributed by atoms with E-state index >= 15 is 0 Å². The number of fused-ring (bicyclic) bond motifs is 3. The summed E-state index contributed by atoms with van der Waals surface area (Å²) in [5, 5.41) is 34.4. The number of rotatable bonds is 5. The van der Waals surface area contributed by atoms with Gasteiger partial charge in [0.1, 0.15) is 23.3 Å². The van der Waals surface area contributed by atoms with Crippen molar-refractivity contribution in [3.8, 4) is 11.5 Å². The molecule has 2 aromatic carbocycles. The summed E-state index contributed by atoms with van der Waals surface area (Å²) in [6.07, 6.45) is 0.627. The smallest absolute Gasteiger partial charge is 0.198 e. The summed E-state index contributed by atoms with van der Waals surface area (Å²) in [6, 6.07) is 6.32. The van der Waals surface area contributed by atoms with E-state index in [2.05, 4.69) is 4.90 Å². The number of methoxy groups -OCH3 is 1. The van der Waals surface area contributed by atoms with E-state index in [0.717, 1.165) is 25.8 Å². The molecule has 2 aliphatic heterocycles. The van der Waals surface area contributed by atoms with E-state index in [1.54, 1.807) is 19.2 Å². The van der Waals surface area contributed by atoms with E-state index in [9.17, 15) is 29.7 Å². The van der Waals surface area contributed by atoms with E-state index in [4.69, 9.17) is 14.2 Å². The van der Waals surface area contributed by atoms with Crippen LogP contribution in [0.5, 0.6) is 11.5 Å². The van der Waals surface area contributed by atoms with Gasteiger partial charge in [0, 0.05) is 61.2 Å². The molecule has 2 heterocycles. The SMILES string of the molecule is COC1CCCN1C1CC(C)OC(OC2CC(O)(C(C)=O)Cc3c(O)c4c(c(O)c32)C(=O)c2ccccc2C4=O)C1. The number of hydrogen-bond donors (Lipinski definition) is 3. The molecular weight excluding hydrogens is 530 g/mol. The van der Waals surface area contributed by atoms with Crippen molar-refractivity contribution in [2.24, 2.45) is 0 Å². The minimum absolute atomic E-state index is 0.00287. The van der Waals surface area contributed by atoms with Crippen molar-refractivity contribution in [3.05, 3.63) is 57.6 Å². The number of Topliss-reactive ketones (excluding diaryl/α,β-unsaturated/α-hetero) is 1. The van der Waals surface area contributed by atoms with E-state index in [1.807, 2.05) is 6.92 Å². The highest BCUT2D eigenvalue weighted by atomic mass is 16.7. The largest absolute Gasteiger partial charge is 0.507 e. The maximum absolute atomic E-state index is 13.5. The van der Waals surface area contributed by atoms with Gasteiger partial charge in [-0.3, -0.25) is 19.3 Å². The Morgan fingerprint density at radius 3 is 2.37 bits per heavy atom. The van der Waals surface area contributed by atoms with E-state index < -0.39 is 46.8 Å². The number of ketones is 3. The molecule has 2 aliphatic carbocycles. The van der Waals surface area contributed by atoms with Gasteiger partial charge in [0.15, 0.2) is 23.6 Å². The Morgan fingerprint density at radius 2 is 1.73 bits per heavy atom. The zero-order valence-corrected chi connectivity index (χ0v) is 23.4. The Bertz CT molecular complexity index is 1440. The van der Waals surface area contributed by atoms with Gasteiger partial charge in [0.05, 0.1) is 23.3 Å². The van der Waals surface area contributed by atoms with Crippen molar-refractivity contribution in [1.82, 2.24) is 4.90 Å². The molecule has 0 radical (unpaired) electrons. The van der Waals surface area contributed by atoms with Gasteiger partial charge >= 0.3 is 0 Å². The summed E-state index contributed by atoms with van der Waals surface area (Å²) in [6.45, 7) is 4.08. The molecule has 6 atom stereocenters. The molecule has 0 saturated carbocycles. The summed E-state index contributed by atoms with van der Waals surface area (Å²) in [5.41, 5.74) is -2.24. The zero-order chi connectivity index (χ0) is 29.2. The van der Waals surface area contributed by atoms with Crippen molar-refractivity contribution < 1.29 is 43.9 Å². The Hall–Kier alpha value is -3.15. The standard InChI is InChI=1S/C31H35NO9/c1-15-11-17(32-10-6-9-22(32)39-3)12-23(40-15)41-21-14-31(38,16(2)33)13-20-24(21)30(37)26-25(29(20)36)27(34)18-7-4-5-8-19(18)28(26)35/h4-5,7-8,15,17,21-23,36-38H,6,9-14H2,1-3H3. The molecule has 6 rings (SSSR count). The first-order valence-corrected chi connectivity index (χ1v) is 14.2. The first-order chi connectivity index (χ1) is 19.5. The molecule has 10 heteroatoms. The Kier molecular flexibility index (Phi) is 7.02. The van der Waals surface area contributed by atoms with Crippen molar-refractivity contribution in [3.63, 3.8) is 0 Å². The highest BCUT2D eigenvalue weighted by Gasteiger charge is 2.49. The van der Waals surface area contributed by atoms with Gasteiger partial charge in [-0.15, -0.1) is 0 Å². The van der Waals surface area contributed by atoms with Gasteiger partial charge in [-0.2, -0.15) is 0 Å². The van der Waals surface area contributed by atoms with Crippen molar-refractivity contribution >= 4 is 17.3 Å². The summed E-state index contributed by atoms with van der Waals surface area (Å²) in [7, 11) is 1.70. The highest BCUT2D eigenvalue weighted by molar-refractivity contribution is 6.30. The second kappa shape index (κ2) is 10.3. The van der Waals surface area contributed by atoms with Gasteiger partial charge in [-0.1, -0.05) is 24.3 Å². The van der Waals surface area contributed by atoms with Crippen molar-refractivity contribution in [1.29, 1.82) is 0 Å². The summed E-state index contributed by atoms with van der Waals surface area (Å²) in [5.74, 6) is -2.79. The van der Waals surface area contributed by atoms with Crippen LogP contribution >= 0.6 is 0 Å². The van der Waals surface area contributed by atoms with E-state index in [1.165, 1.54) is 19.1 Å². The van der Waals surface area contributed by atoms with E-state index in [-0.39, 0.29) is 64.6 Å². The second-order valence-electron chi connectivity index (χ2n) is 11.7. The second-order valence-corrected chi connectivity index (χ2v) is 11.7. The Morgan fingerprint density at radius 1 is 1.07 bits per heavy atom. The molecule has 0 amide bonds. The predicted octanol–water partition coefficient (Wildman–Crippen LogP) is 3.16. The maximum Gasteiger partial charge on any atom is 0.198 e. The molecule has 0 aromatic heterocycles. The lowest BCUT2D eigenvalue weighted by Gasteiger charge is -2.43. The number of likely N-dealkylation sites (tertiary alicyclic amines) is 1. The van der Waals surface area contributed by atoms with Crippen LogP contribution < -0.4 is 0 Å². The normalized spacial score (nSPS) is 31.5. The average molecular weight is 566 g/mol. The fourth-order valence-corrected chi connectivity index (χ4v) is 7.11. The minimum atomic E-state index is -1.93. The molecule has 41 heavy (non-hydrogen) atoms. The number of phenols is 2. The first kappa shape index (κ1) is 28.0. The fourth-order valence-electron chi connectivity index (χ4n) is 7.11. The van der Waals surface area contributed by atoms with Gasteiger partial charge in [-0.05, 0) is 33.1 Å². The van der Waals surface area contributed by atoms with Crippen LogP contribution in [0.4, 0.5) is 0 Å². The topological polar surface area (TPSA) is 143 Å². The average Bonchev–Trinajstić information content (AvgIpc) is 3.42. The summed E-state index contributed by atoms with van der Waals surface area (Å²) >= 11 is 0. The van der Waals surface area contributed by atoms with Crippen LogP contribution in [-0.2, 0) is 25.4 Å². The summed E-state index contributed by atoms with van der Waals surface area (Å²) in [4.78, 5) is 41.9. The lowest BCUT2D eigenvalue weighted by molar-refractivity contribution is -0.237. The lowest BCUT2D eigenvalue weighted by Crippen LogP contribution is -2.49. The predicted molar refractivity (Wildman–Crippen MR) is 145 cm³/mol. The fraction of sp³-hybridized carbons (Fsp3) is 0.516. The summed E-state index contributed by atoms with van der Waals surface area (Å²) < 4.78 is 18.2. The van der Waals surface area contributed by atoms with Gasteiger partial charge < -0.3 is 29.5 Å². The molecule has 218 valence electrons. The number of aliphatic hydroxyl groups is 1. The maximum atomic E-state index is 13.5.